The van der Waals surface area contributed by atoms with Gasteiger partial charge in [-0.1, -0.05) is 11.6 Å². The minimum atomic E-state index is -4.77. The van der Waals surface area contributed by atoms with Gasteiger partial charge in [-0.15, -0.1) is 0 Å². The first-order chi connectivity index (χ1) is 12.5. The summed E-state index contributed by atoms with van der Waals surface area (Å²) in [6.07, 6.45) is -3.90. The largest absolute Gasteiger partial charge is 0.502 e. The molecule has 0 radical (unpaired) electrons. The number of nitro groups is 2. The van der Waals surface area contributed by atoms with E-state index in [0.29, 0.717) is 12.1 Å². The summed E-state index contributed by atoms with van der Waals surface area (Å²) in [6.45, 7) is 0. The summed E-state index contributed by atoms with van der Waals surface area (Å²) in [5.74, 6) is -0.753. The lowest BCUT2D eigenvalue weighted by atomic mass is 10.1. The van der Waals surface area contributed by atoms with Gasteiger partial charge < -0.3 is 5.11 Å². The number of nitrogens with zero attached hydrogens (tertiary/aromatic N) is 3. The highest BCUT2D eigenvalue weighted by molar-refractivity contribution is 6.31. The Morgan fingerprint density at radius 2 is 1.74 bits per heavy atom. The van der Waals surface area contributed by atoms with Crippen molar-refractivity contribution in [2.45, 2.75) is 6.18 Å². The smallest absolute Gasteiger partial charge is 0.416 e. The number of nitrogens with one attached hydrogen (secondary N) is 1. The maximum atomic E-state index is 12.7. The Morgan fingerprint density at radius 3 is 2.30 bits per heavy atom. The molecule has 2 N–H and O–H groups in total. The lowest BCUT2D eigenvalue weighted by Gasteiger charge is -2.08. The van der Waals surface area contributed by atoms with Crippen LogP contribution in [-0.2, 0) is 6.18 Å². The Morgan fingerprint density at radius 1 is 1.11 bits per heavy atom. The number of halogens is 4. The number of benzene rings is 2. The van der Waals surface area contributed by atoms with E-state index in [1.165, 1.54) is 0 Å². The quantitative estimate of drug-likeness (QED) is 0.433. The van der Waals surface area contributed by atoms with Crippen LogP contribution in [0.25, 0.3) is 0 Å². The van der Waals surface area contributed by atoms with E-state index in [1.807, 2.05) is 0 Å². The van der Waals surface area contributed by atoms with Crippen molar-refractivity contribution in [2.75, 3.05) is 5.43 Å². The van der Waals surface area contributed by atoms with Crippen LogP contribution in [0.15, 0.2) is 35.4 Å². The van der Waals surface area contributed by atoms with Crippen molar-refractivity contribution in [3.8, 4) is 5.75 Å². The molecular formula is C14H8ClF3N4O5. The van der Waals surface area contributed by atoms with Crippen molar-refractivity contribution < 1.29 is 28.1 Å². The predicted octanol–water partition coefficient (Wildman–Crippen LogP) is 4.33. The second kappa shape index (κ2) is 7.45. The number of aromatic hydroxyl groups is 1. The highest BCUT2D eigenvalue weighted by Crippen LogP contribution is 2.35. The van der Waals surface area contributed by atoms with Gasteiger partial charge in [-0.25, -0.2) is 0 Å². The highest BCUT2D eigenvalue weighted by Gasteiger charge is 2.33. The van der Waals surface area contributed by atoms with E-state index >= 15 is 0 Å². The summed E-state index contributed by atoms with van der Waals surface area (Å²) in [6, 6.07) is 3.79. The first kappa shape index (κ1) is 19.9. The number of rotatable bonds is 5. The molecule has 27 heavy (non-hydrogen) atoms. The fourth-order valence-corrected chi connectivity index (χ4v) is 2.19. The van der Waals surface area contributed by atoms with Crippen LogP contribution in [-0.4, -0.2) is 21.2 Å². The summed E-state index contributed by atoms with van der Waals surface area (Å²) in [4.78, 5) is 19.9. The number of hydrazone groups is 1. The van der Waals surface area contributed by atoms with Crippen LogP contribution in [0, 0.1) is 20.2 Å². The summed E-state index contributed by atoms with van der Waals surface area (Å²) in [7, 11) is 0. The van der Waals surface area contributed by atoms with Crippen molar-refractivity contribution in [1.82, 2.24) is 0 Å². The molecule has 0 bridgehead atoms. The minimum absolute atomic E-state index is 0.0820. The van der Waals surface area contributed by atoms with E-state index in [1.54, 1.807) is 0 Å². The molecule has 0 aliphatic rings. The van der Waals surface area contributed by atoms with Gasteiger partial charge in [-0.05, 0) is 18.2 Å². The highest BCUT2D eigenvalue weighted by atomic mass is 35.5. The number of hydrogen-bond acceptors (Lipinski definition) is 7. The SMILES string of the molecule is O=[N+]([O-])c1cc(C(F)(F)F)ccc1N/N=C\c1cc(Cl)cc([N+](=O)[O-])c1O. The molecule has 13 heteroatoms. The molecule has 0 aromatic heterocycles. The Hall–Kier alpha value is -3.41. The van der Waals surface area contributed by atoms with Crippen LogP contribution in [0.4, 0.5) is 30.2 Å². The number of hydrogen-bond donors (Lipinski definition) is 2. The summed E-state index contributed by atoms with van der Waals surface area (Å²) in [5, 5.41) is 35.0. The predicted molar refractivity (Wildman–Crippen MR) is 89.1 cm³/mol. The van der Waals surface area contributed by atoms with Crippen molar-refractivity contribution in [3.63, 3.8) is 0 Å². The average Bonchev–Trinajstić information content (AvgIpc) is 2.56. The van der Waals surface area contributed by atoms with Crippen molar-refractivity contribution in [2.24, 2.45) is 5.10 Å². The molecule has 0 amide bonds. The Balaban J connectivity index is 2.34. The summed E-state index contributed by atoms with van der Waals surface area (Å²) >= 11 is 5.70. The van der Waals surface area contributed by atoms with Gasteiger partial charge in [0, 0.05) is 22.7 Å². The lowest BCUT2D eigenvalue weighted by molar-refractivity contribution is -0.385. The molecule has 2 aromatic carbocycles. The molecule has 0 unspecified atom stereocenters. The molecular weight excluding hydrogens is 397 g/mol. The number of nitro benzene ring substituents is 2. The van der Waals surface area contributed by atoms with Crippen LogP contribution in [0.2, 0.25) is 5.02 Å². The molecule has 142 valence electrons. The molecule has 0 saturated carbocycles. The molecule has 0 aliphatic carbocycles. The Bertz CT molecular complexity index is 949. The standard InChI is InChI=1S/C14H8ClF3N4O5/c15-9-3-7(13(23)12(5-9)22(26)27)6-19-20-10-2-1-8(14(16,17)18)4-11(10)21(24)25/h1-6,20,23H/b19-6-. The Kier molecular flexibility index (Phi) is 5.49. The van der Waals surface area contributed by atoms with Gasteiger partial charge in [0.2, 0.25) is 5.75 Å². The first-order valence-electron chi connectivity index (χ1n) is 6.82. The van der Waals surface area contributed by atoms with Gasteiger partial charge in [-0.2, -0.15) is 18.3 Å². The van der Waals surface area contributed by atoms with Crippen molar-refractivity contribution in [1.29, 1.82) is 0 Å². The van der Waals surface area contributed by atoms with Crippen LogP contribution in [0.3, 0.4) is 0 Å². The molecule has 2 aromatic rings. The van der Waals surface area contributed by atoms with E-state index in [-0.39, 0.29) is 16.3 Å². The molecule has 0 aliphatic heterocycles. The molecule has 0 saturated heterocycles. The van der Waals surface area contributed by atoms with Crippen LogP contribution < -0.4 is 5.43 Å². The average molecular weight is 405 g/mol. The number of alkyl halides is 3. The summed E-state index contributed by atoms with van der Waals surface area (Å²) < 4.78 is 38.0. The van der Waals surface area contributed by atoms with Crippen LogP contribution in [0.1, 0.15) is 11.1 Å². The molecule has 0 spiro atoms. The van der Waals surface area contributed by atoms with E-state index in [9.17, 15) is 38.5 Å². The third-order valence-electron chi connectivity index (χ3n) is 3.19. The minimum Gasteiger partial charge on any atom is -0.502 e. The van der Waals surface area contributed by atoms with E-state index in [2.05, 4.69) is 10.5 Å². The molecule has 0 heterocycles. The van der Waals surface area contributed by atoms with E-state index in [4.69, 9.17) is 11.6 Å². The van der Waals surface area contributed by atoms with Crippen LogP contribution in [0.5, 0.6) is 5.75 Å². The maximum absolute atomic E-state index is 12.7. The first-order valence-corrected chi connectivity index (χ1v) is 7.20. The summed E-state index contributed by atoms with van der Waals surface area (Å²) in [5.41, 5.74) is -1.18. The van der Waals surface area contributed by atoms with Gasteiger partial charge in [0.25, 0.3) is 5.69 Å². The van der Waals surface area contributed by atoms with E-state index < -0.39 is 38.7 Å². The van der Waals surface area contributed by atoms with E-state index in [0.717, 1.165) is 24.4 Å². The lowest BCUT2D eigenvalue weighted by Crippen LogP contribution is -2.06. The monoisotopic (exact) mass is 404 g/mol. The number of phenols is 1. The zero-order valence-electron chi connectivity index (χ0n) is 12.9. The second-order valence-corrected chi connectivity index (χ2v) is 5.41. The zero-order valence-corrected chi connectivity index (χ0v) is 13.7. The normalized spacial score (nSPS) is 11.6. The van der Waals surface area contributed by atoms with Crippen LogP contribution >= 0.6 is 11.6 Å². The van der Waals surface area contributed by atoms with Crippen molar-refractivity contribution in [3.05, 3.63) is 66.7 Å². The molecule has 2 rings (SSSR count). The van der Waals surface area contributed by atoms with Gasteiger partial charge in [-0.3, -0.25) is 25.7 Å². The fraction of sp³-hybridized carbons (Fsp3) is 0.0714. The second-order valence-electron chi connectivity index (χ2n) is 4.98. The molecule has 0 fully saturated rings. The third-order valence-corrected chi connectivity index (χ3v) is 3.41. The molecule has 9 nitrogen and oxygen atoms in total. The van der Waals surface area contributed by atoms with Crippen molar-refractivity contribution >= 4 is 34.9 Å². The van der Waals surface area contributed by atoms with Gasteiger partial charge >= 0.3 is 11.9 Å². The Labute approximate surface area is 153 Å². The van der Waals surface area contributed by atoms with Gasteiger partial charge in [0.15, 0.2) is 0 Å². The fourth-order valence-electron chi connectivity index (χ4n) is 1.97. The third kappa shape index (κ3) is 4.61. The number of phenolic OH excluding ortho intramolecular Hbond substituents is 1. The topological polar surface area (TPSA) is 131 Å². The van der Waals surface area contributed by atoms with Gasteiger partial charge in [0.1, 0.15) is 5.69 Å². The van der Waals surface area contributed by atoms with Gasteiger partial charge in [0.05, 0.1) is 21.6 Å². The maximum Gasteiger partial charge on any atom is 0.416 e. The molecule has 0 atom stereocenters. The number of anilines is 1. The zero-order chi connectivity index (χ0) is 20.4.